The molecule has 0 unspecified atom stereocenters. The molecule has 3 N–H and O–H groups in total. The Bertz CT molecular complexity index is 460. The van der Waals surface area contributed by atoms with E-state index in [1.54, 1.807) is 25.1 Å². The van der Waals surface area contributed by atoms with Gasteiger partial charge in [-0.05, 0) is 18.2 Å². The second-order valence-electron chi connectivity index (χ2n) is 3.39. The zero-order chi connectivity index (χ0) is 12.2. The van der Waals surface area contributed by atoms with E-state index in [4.69, 9.17) is 17.3 Å². The first kappa shape index (κ1) is 13.1. The van der Waals surface area contributed by atoms with Crippen LogP contribution in [0.2, 0.25) is 5.02 Å². The number of anilines is 2. The van der Waals surface area contributed by atoms with E-state index in [0.29, 0.717) is 22.9 Å². The molecule has 0 saturated carbocycles. The summed E-state index contributed by atoms with van der Waals surface area (Å²) < 4.78 is 22.5. The van der Waals surface area contributed by atoms with Crippen molar-refractivity contribution in [2.75, 3.05) is 29.1 Å². The van der Waals surface area contributed by atoms with Gasteiger partial charge in [-0.2, -0.15) is 0 Å². The fraction of sp³-hybridized carbons (Fsp3) is 0.400. The molecular weight excluding hydrogens is 248 g/mol. The lowest BCUT2D eigenvalue weighted by molar-refractivity contribution is 0.597. The van der Waals surface area contributed by atoms with Gasteiger partial charge in [-0.1, -0.05) is 18.5 Å². The number of nitrogen functional groups attached to an aromatic ring is 1. The van der Waals surface area contributed by atoms with Crippen molar-refractivity contribution in [3.8, 4) is 0 Å². The van der Waals surface area contributed by atoms with Gasteiger partial charge in [0.05, 0.1) is 17.1 Å². The van der Waals surface area contributed by atoms with Crippen LogP contribution < -0.4 is 11.1 Å². The zero-order valence-electron chi connectivity index (χ0n) is 9.03. The maximum Gasteiger partial charge on any atom is 0.151 e. The molecule has 0 aliphatic rings. The van der Waals surface area contributed by atoms with E-state index in [9.17, 15) is 8.42 Å². The predicted molar refractivity (Wildman–Crippen MR) is 68.7 cm³/mol. The number of nitrogens with two attached hydrogens (primary N) is 1. The zero-order valence-corrected chi connectivity index (χ0v) is 10.6. The van der Waals surface area contributed by atoms with Crippen molar-refractivity contribution in [1.82, 2.24) is 0 Å². The van der Waals surface area contributed by atoms with E-state index >= 15 is 0 Å². The van der Waals surface area contributed by atoms with Crippen LogP contribution >= 0.6 is 11.6 Å². The van der Waals surface area contributed by atoms with Crippen molar-refractivity contribution in [3.05, 3.63) is 23.2 Å². The molecule has 0 heterocycles. The van der Waals surface area contributed by atoms with E-state index in [-0.39, 0.29) is 11.5 Å². The Morgan fingerprint density at radius 1 is 1.44 bits per heavy atom. The van der Waals surface area contributed by atoms with Crippen LogP contribution in [-0.4, -0.2) is 26.5 Å². The third-order valence-corrected chi connectivity index (χ3v) is 4.12. The maximum atomic E-state index is 11.2. The van der Waals surface area contributed by atoms with Crippen LogP contribution in [0.3, 0.4) is 0 Å². The molecule has 0 aromatic heterocycles. The van der Waals surface area contributed by atoms with Crippen LogP contribution in [0.5, 0.6) is 0 Å². The molecule has 1 aromatic carbocycles. The Morgan fingerprint density at radius 2 is 2.12 bits per heavy atom. The van der Waals surface area contributed by atoms with E-state index in [1.807, 2.05) is 0 Å². The Balaban J connectivity index is 2.59. The molecule has 0 saturated heterocycles. The Labute approximate surface area is 101 Å². The average molecular weight is 263 g/mol. The summed E-state index contributed by atoms with van der Waals surface area (Å²) in [7, 11) is -2.95. The lowest BCUT2D eigenvalue weighted by Gasteiger charge is -2.09. The largest absolute Gasteiger partial charge is 0.397 e. The van der Waals surface area contributed by atoms with E-state index < -0.39 is 9.84 Å². The molecule has 0 atom stereocenters. The van der Waals surface area contributed by atoms with Gasteiger partial charge in [0.2, 0.25) is 0 Å². The molecule has 0 spiro atoms. The smallest absolute Gasteiger partial charge is 0.151 e. The Morgan fingerprint density at radius 3 is 2.75 bits per heavy atom. The van der Waals surface area contributed by atoms with Crippen LogP contribution in [0, 0.1) is 0 Å². The van der Waals surface area contributed by atoms with Crippen molar-refractivity contribution in [1.29, 1.82) is 0 Å². The molecule has 0 fully saturated rings. The van der Waals surface area contributed by atoms with Crippen molar-refractivity contribution >= 4 is 32.8 Å². The molecule has 1 aromatic rings. The monoisotopic (exact) mass is 262 g/mol. The van der Waals surface area contributed by atoms with Gasteiger partial charge < -0.3 is 11.1 Å². The quantitative estimate of drug-likeness (QED) is 0.794. The van der Waals surface area contributed by atoms with Crippen molar-refractivity contribution in [2.24, 2.45) is 0 Å². The van der Waals surface area contributed by atoms with Gasteiger partial charge in [0, 0.05) is 17.3 Å². The van der Waals surface area contributed by atoms with Crippen LogP contribution in [0.1, 0.15) is 6.92 Å². The van der Waals surface area contributed by atoms with E-state index in [2.05, 4.69) is 5.32 Å². The molecule has 90 valence electrons. The summed E-state index contributed by atoms with van der Waals surface area (Å²) >= 11 is 5.80. The minimum atomic E-state index is -2.95. The summed E-state index contributed by atoms with van der Waals surface area (Å²) in [6, 6.07) is 5.04. The predicted octanol–water partition coefficient (Wildman–Crippen LogP) is 1.77. The van der Waals surface area contributed by atoms with Crippen molar-refractivity contribution in [3.63, 3.8) is 0 Å². The molecule has 4 nitrogen and oxygen atoms in total. The highest BCUT2D eigenvalue weighted by atomic mass is 35.5. The van der Waals surface area contributed by atoms with Crippen molar-refractivity contribution < 1.29 is 8.42 Å². The minimum absolute atomic E-state index is 0.0927. The molecule has 6 heteroatoms. The summed E-state index contributed by atoms with van der Waals surface area (Å²) in [6.45, 7) is 1.96. The average Bonchev–Trinajstić information content (AvgIpc) is 2.23. The Kier molecular flexibility index (Phi) is 4.44. The van der Waals surface area contributed by atoms with E-state index in [1.165, 1.54) is 0 Å². The molecule has 0 bridgehead atoms. The highest BCUT2D eigenvalue weighted by Crippen LogP contribution is 2.22. The van der Waals surface area contributed by atoms with Gasteiger partial charge in [-0.3, -0.25) is 0 Å². The highest BCUT2D eigenvalue weighted by Gasteiger charge is 2.07. The number of rotatable bonds is 5. The number of nitrogens with one attached hydrogen (secondary N) is 1. The fourth-order valence-corrected chi connectivity index (χ4v) is 2.04. The van der Waals surface area contributed by atoms with Gasteiger partial charge >= 0.3 is 0 Å². The number of sulfone groups is 1. The molecule has 0 radical (unpaired) electrons. The van der Waals surface area contributed by atoms with Gasteiger partial charge in [0.25, 0.3) is 0 Å². The summed E-state index contributed by atoms with van der Waals surface area (Å²) in [4.78, 5) is 0. The van der Waals surface area contributed by atoms with Gasteiger partial charge in [-0.25, -0.2) is 8.42 Å². The van der Waals surface area contributed by atoms with Gasteiger partial charge in [0.15, 0.2) is 9.84 Å². The van der Waals surface area contributed by atoms with Gasteiger partial charge in [-0.15, -0.1) is 0 Å². The normalized spacial score (nSPS) is 11.4. The molecule has 1 rings (SSSR count). The summed E-state index contributed by atoms with van der Waals surface area (Å²) in [5.41, 5.74) is 6.92. The van der Waals surface area contributed by atoms with Crippen LogP contribution in [0.15, 0.2) is 18.2 Å². The second-order valence-corrected chi connectivity index (χ2v) is 6.30. The standard InChI is InChI=1S/C10H15ClN2O2S/c1-2-16(14,15)6-5-13-10-7-8(11)3-4-9(10)12/h3-4,7,13H,2,5-6,12H2,1H3. The molecule has 0 amide bonds. The minimum Gasteiger partial charge on any atom is -0.397 e. The highest BCUT2D eigenvalue weighted by molar-refractivity contribution is 7.91. The molecule has 0 aliphatic carbocycles. The second kappa shape index (κ2) is 5.41. The molecule has 0 aliphatic heterocycles. The topological polar surface area (TPSA) is 72.2 Å². The lowest BCUT2D eigenvalue weighted by atomic mass is 10.3. The van der Waals surface area contributed by atoms with Gasteiger partial charge in [0.1, 0.15) is 0 Å². The Hall–Kier alpha value is -0.940. The first-order valence-corrected chi connectivity index (χ1v) is 7.14. The SMILES string of the molecule is CCS(=O)(=O)CCNc1cc(Cl)ccc1N. The summed E-state index contributed by atoms with van der Waals surface area (Å²) in [5, 5.41) is 3.52. The number of hydrogen-bond donors (Lipinski definition) is 2. The first-order chi connectivity index (χ1) is 7.44. The van der Waals surface area contributed by atoms with E-state index in [0.717, 1.165) is 0 Å². The van der Waals surface area contributed by atoms with Crippen LogP contribution in [0.4, 0.5) is 11.4 Å². The van der Waals surface area contributed by atoms with Crippen LogP contribution in [-0.2, 0) is 9.84 Å². The fourth-order valence-electron chi connectivity index (χ4n) is 1.17. The third-order valence-electron chi connectivity index (χ3n) is 2.18. The summed E-state index contributed by atoms with van der Waals surface area (Å²) in [6.07, 6.45) is 0. The first-order valence-electron chi connectivity index (χ1n) is 4.94. The number of benzene rings is 1. The maximum absolute atomic E-state index is 11.2. The van der Waals surface area contributed by atoms with Crippen LogP contribution in [0.25, 0.3) is 0 Å². The molecular formula is C10H15ClN2O2S. The number of hydrogen-bond acceptors (Lipinski definition) is 4. The lowest BCUT2D eigenvalue weighted by Crippen LogP contribution is -2.17. The summed E-state index contributed by atoms with van der Waals surface area (Å²) in [5.74, 6) is 0.245. The number of halogens is 1. The molecule has 16 heavy (non-hydrogen) atoms. The third kappa shape index (κ3) is 3.90. The van der Waals surface area contributed by atoms with Crippen molar-refractivity contribution in [2.45, 2.75) is 6.92 Å².